The molecule has 0 spiro atoms. The first-order valence-electron chi connectivity index (χ1n) is 13.7. The van der Waals surface area contributed by atoms with E-state index < -0.39 is 35.7 Å². The number of carboxylic acids is 1. The van der Waals surface area contributed by atoms with Crippen LogP contribution in [0.1, 0.15) is 53.0 Å². The minimum Gasteiger partial charge on any atom is -0.481 e. The number of piperidine rings is 1. The number of anilines is 1. The Hall–Kier alpha value is -3.92. The lowest BCUT2D eigenvalue weighted by Gasteiger charge is -2.31. The van der Waals surface area contributed by atoms with Crippen LogP contribution in [0.4, 0.5) is 14.5 Å². The first kappa shape index (κ1) is 28.6. The second-order valence-electron chi connectivity index (χ2n) is 10.5. The maximum atomic E-state index is 15.7. The second kappa shape index (κ2) is 11.9. The van der Waals surface area contributed by atoms with Crippen LogP contribution < -0.4 is 4.90 Å². The van der Waals surface area contributed by atoms with Gasteiger partial charge in [0.25, 0.3) is 11.8 Å². The molecular formula is C31H31F2N3O4S. The molecule has 3 heterocycles. The third-order valence-electron chi connectivity index (χ3n) is 7.75. The number of rotatable bonds is 6. The Kier molecular flexibility index (Phi) is 8.30. The summed E-state index contributed by atoms with van der Waals surface area (Å²) < 4.78 is 31.3. The van der Waals surface area contributed by atoms with Gasteiger partial charge in [-0.3, -0.25) is 14.4 Å². The van der Waals surface area contributed by atoms with E-state index in [1.807, 2.05) is 30.3 Å². The highest BCUT2D eigenvalue weighted by Crippen LogP contribution is 2.44. The van der Waals surface area contributed by atoms with Gasteiger partial charge >= 0.3 is 5.97 Å². The van der Waals surface area contributed by atoms with E-state index in [-0.39, 0.29) is 24.4 Å². The van der Waals surface area contributed by atoms with Gasteiger partial charge in [0.15, 0.2) is 0 Å². The van der Waals surface area contributed by atoms with E-state index in [0.29, 0.717) is 53.6 Å². The molecule has 0 radical (unpaired) electrons. The number of allylic oxidation sites excluding steroid dienone is 1. The normalized spacial score (nSPS) is 18.2. The molecule has 0 aliphatic carbocycles. The van der Waals surface area contributed by atoms with Crippen molar-refractivity contribution >= 4 is 40.4 Å². The lowest BCUT2D eigenvalue weighted by atomic mass is 9.91. The van der Waals surface area contributed by atoms with E-state index >= 15 is 8.78 Å². The number of carbonyl (C=O) groups is 3. The average molecular weight is 580 g/mol. The highest BCUT2D eigenvalue weighted by Gasteiger charge is 2.42. The lowest BCUT2D eigenvalue weighted by Crippen LogP contribution is -2.38. The van der Waals surface area contributed by atoms with E-state index in [4.69, 9.17) is 5.11 Å². The average Bonchev–Trinajstić information content (AvgIpc) is 3.32. The fourth-order valence-electron chi connectivity index (χ4n) is 5.44. The summed E-state index contributed by atoms with van der Waals surface area (Å²) in [5, 5.41) is 9.61. The van der Waals surface area contributed by atoms with Crippen molar-refractivity contribution < 1.29 is 28.3 Å². The largest absolute Gasteiger partial charge is 0.481 e. The van der Waals surface area contributed by atoms with Crippen molar-refractivity contribution in [2.45, 2.75) is 45.0 Å². The number of aryl methyl sites for hydroxylation is 1. The van der Waals surface area contributed by atoms with Crippen molar-refractivity contribution in [3.63, 3.8) is 0 Å². The number of carbonyl (C=O) groups excluding carboxylic acids is 2. The summed E-state index contributed by atoms with van der Waals surface area (Å²) in [6, 6.07) is 16.0. The van der Waals surface area contributed by atoms with Crippen LogP contribution >= 0.6 is 11.3 Å². The molecule has 2 aromatic carbocycles. The first-order valence-corrected chi connectivity index (χ1v) is 14.5. The third kappa shape index (κ3) is 6.22. The second-order valence-corrected chi connectivity index (χ2v) is 11.5. The molecule has 41 heavy (non-hydrogen) atoms. The summed E-state index contributed by atoms with van der Waals surface area (Å²) in [5.74, 6) is -4.89. The molecule has 2 amide bonds. The van der Waals surface area contributed by atoms with E-state index in [0.717, 1.165) is 11.6 Å². The van der Waals surface area contributed by atoms with Gasteiger partial charge in [-0.25, -0.2) is 13.8 Å². The third-order valence-corrected chi connectivity index (χ3v) is 8.94. The van der Waals surface area contributed by atoms with Gasteiger partial charge in [0.1, 0.15) is 9.88 Å². The Morgan fingerprint density at radius 3 is 2.44 bits per heavy atom. The molecule has 7 nitrogen and oxygen atoms in total. The van der Waals surface area contributed by atoms with Crippen LogP contribution in [0.25, 0.3) is 16.1 Å². The van der Waals surface area contributed by atoms with Crippen LogP contribution in [-0.4, -0.2) is 58.3 Å². The SMILES string of the molecule is Cc1nc(-c2ccccc2)sc1C(=O)N1CCC(F)(F)C(=CC(=O)N2CCC(CCC(=O)O)CC2)c2ccccc21. The number of aromatic nitrogens is 1. The standard InChI is InChI=1S/C31H31F2N3O4S/c1-20-28(41-29(34-20)22-7-3-2-4-8-22)30(40)36-18-15-31(32,33)24(23-9-5-6-10-25(23)36)19-26(37)35-16-13-21(14-17-35)11-12-27(38)39/h2-10,19,21H,11-18H2,1H3,(H,38,39). The van der Waals surface area contributed by atoms with Crippen molar-refractivity contribution in [2.24, 2.45) is 5.92 Å². The lowest BCUT2D eigenvalue weighted by molar-refractivity contribution is -0.137. The monoisotopic (exact) mass is 579 g/mol. The molecule has 3 aromatic rings. The fourth-order valence-corrected chi connectivity index (χ4v) is 6.46. The van der Waals surface area contributed by atoms with Gasteiger partial charge in [0.2, 0.25) is 5.91 Å². The molecule has 0 atom stereocenters. The summed E-state index contributed by atoms with van der Waals surface area (Å²) in [6.45, 7) is 2.29. The molecular weight excluding hydrogens is 548 g/mol. The minimum absolute atomic E-state index is 0.0789. The molecule has 0 saturated carbocycles. The number of para-hydroxylation sites is 1. The highest BCUT2D eigenvalue weighted by molar-refractivity contribution is 7.17. The Morgan fingerprint density at radius 2 is 1.73 bits per heavy atom. The minimum atomic E-state index is -3.33. The zero-order valence-electron chi connectivity index (χ0n) is 22.7. The number of halogens is 2. The number of hydrogen-bond donors (Lipinski definition) is 1. The topological polar surface area (TPSA) is 90.8 Å². The molecule has 5 rings (SSSR count). The molecule has 1 N–H and O–H groups in total. The Morgan fingerprint density at radius 1 is 1.05 bits per heavy atom. The van der Waals surface area contributed by atoms with Crippen molar-refractivity contribution in [2.75, 3.05) is 24.5 Å². The van der Waals surface area contributed by atoms with Crippen molar-refractivity contribution in [3.8, 4) is 10.6 Å². The van der Waals surface area contributed by atoms with E-state index in [1.54, 1.807) is 30.0 Å². The van der Waals surface area contributed by atoms with Crippen LogP contribution in [0, 0.1) is 12.8 Å². The van der Waals surface area contributed by atoms with Crippen molar-refractivity contribution in [1.82, 2.24) is 9.88 Å². The van der Waals surface area contributed by atoms with Crippen molar-refractivity contribution in [1.29, 1.82) is 0 Å². The maximum absolute atomic E-state index is 15.7. The summed E-state index contributed by atoms with van der Waals surface area (Å²) in [7, 11) is 0. The molecule has 1 saturated heterocycles. The van der Waals surface area contributed by atoms with Crippen molar-refractivity contribution in [3.05, 3.63) is 76.8 Å². The van der Waals surface area contributed by atoms with E-state index in [2.05, 4.69) is 4.98 Å². The van der Waals surface area contributed by atoms with Gasteiger partial charge in [-0.05, 0) is 38.2 Å². The summed E-state index contributed by atoms with van der Waals surface area (Å²) in [4.78, 5) is 45.8. The smallest absolute Gasteiger partial charge is 0.303 e. The summed E-state index contributed by atoms with van der Waals surface area (Å²) in [5.41, 5.74) is 1.49. The van der Waals surface area contributed by atoms with Crippen LogP contribution in [0.3, 0.4) is 0 Å². The van der Waals surface area contributed by atoms with Crippen LogP contribution in [0.2, 0.25) is 0 Å². The van der Waals surface area contributed by atoms with Gasteiger partial charge in [0.05, 0.1) is 11.4 Å². The fraction of sp³-hybridized carbons (Fsp3) is 0.355. The quantitative estimate of drug-likeness (QED) is 0.347. The number of alkyl halides is 2. The predicted octanol–water partition coefficient (Wildman–Crippen LogP) is 6.29. The Labute approximate surface area is 241 Å². The number of aliphatic carboxylic acids is 1. The number of nitrogens with zero attached hydrogens (tertiary/aromatic N) is 3. The van der Waals surface area contributed by atoms with Gasteiger partial charge in [0, 0.05) is 55.3 Å². The molecule has 214 valence electrons. The predicted molar refractivity (Wildman–Crippen MR) is 154 cm³/mol. The molecule has 1 aromatic heterocycles. The molecule has 1 fully saturated rings. The zero-order valence-corrected chi connectivity index (χ0v) is 23.5. The molecule has 0 unspecified atom stereocenters. The first-order chi connectivity index (χ1) is 19.6. The zero-order chi connectivity index (χ0) is 29.1. The molecule has 2 aliphatic heterocycles. The molecule has 10 heteroatoms. The number of carboxylic acid groups (broad SMARTS) is 1. The Bertz CT molecular complexity index is 1480. The van der Waals surface area contributed by atoms with E-state index in [1.165, 1.54) is 22.3 Å². The van der Waals surface area contributed by atoms with Crippen LogP contribution in [-0.2, 0) is 9.59 Å². The van der Waals surface area contributed by atoms with Gasteiger partial charge < -0.3 is 14.9 Å². The number of likely N-dealkylation sites (tertiary alicyclic amines) is 1. The Balaban J connectivity index is 1.41. The number of fused-ring (bicyclic) bond motifs is 1. The van der Waals surface area contributed by atoms with Gasteiger partial charge in [-0.2, -0.15) is 0 Å². The maximum Gasteiger partial charge on any atom is 0.303 e. The van der Waals surface area contributed by atoms with Crippen LogP contribution in [0.5, 0.6) is 0 Å². The number of thiazole rings is 1. The number of hydrogen-bond acceptors (Lipinski definition) is 5. The summed E-state index contributed by atoms with van der Waals surface area (Å²) in [6.07, 6.45) is 2.28. The van der Waals surface area contributed by atoms with E-state index in [9.17, 15) is 14.4 Å². The molecule has 2 aliphatic rings. The van der Waals surface area contributed by atoms with Gasteiger partial charge in [-0.15, -0.1) is 11.3 Å². The number of amides is 2. The van der Waals surface area contributed by atoms with Crippen LogP contribution in [0.15, 0.2) is 60.7 Å². The summed E-state index contributed by atoms with van der Waals surface area (Å²) >= 11 is 1.23. The molecule has 0 bridgehead atoms. The number of benzene rings is 2. The highest BCUT2D eigenvalue weighted by atomic mass is 32.1. The van der Waals surface area contributed by atoms with Gasteiger partial charge in [-0.1, -0.05) is 48.5 Å².